The Bertz CT molecular complexity index is 1160. The Labute approximate surface area is 171 Å². The molecule has 0 fully saturated rings. The van der Waals surface area contributed by atoms with Crippen LogP contribution in [0.2, 0.25) is 5.02 Å². The molecule has 0 spiro atoms. The van der Waals surface area contributed by atoms with Gasteiger partial charge in [0.2, 0.25) is 11.8 Å². The molecule has 0 amide bonds. The van der Waals surface area contributed by atoms with Gasteiger partial charge in [-0.3, -0.25) is 0 Å². The zero-order valence-electron chi connectivity index (χ0n) is 15.8. The van der Waals surface area contributed by atoms with Gasteiger partial charge in [0.25, 0.3) is 0 Å². The van der Waals surface area contributed by atoms with Crippen LogP contribution in [0.5, 0.6) is 5.88 Å². The number of nitrogens with two attached hydrogens (primary N) is 1. The second kappa shape index (κ2) is 8.02. The van der Waals surface area contributed by atoms with E-state index in [2.05, 4.69) is 19.9 Å². The molecule has 0 unspecified atom stereocenters. The number of rotatable bonds is 6. The van der Waals surface area contributed by atoms with Crippen molar-refractivity contribution in [3.05, 3.63) is 47.6 Å². The third kappa shape index (κ3) is 3.72. The zero-order chi connectivity index (χ0) is 20.4. The Kier molecular flexibility index (Phi) is 5.28. The minimum absolute atomic E-state index is 0.0685. The molecule has 0 aliphatic heterocycles. The molecule has 9 heteroatoms. The first-order valence-corrected chi connectivity index (χ1v) is 9.20. The van der Waals surface area contributed by atoms with Gasteiger partial charge in [-0.15, -0.1) is 0 Å². The molecule has 0 atom stereocenters. The number of halogens is 1. The second-order valence-corrected chi connectivity index (χ2v) is 6.65. The molecule has 1 aromatic carbocycles. The molecule has 3 heterocycles. The lowest BCUT2D eigenvalue weighted by Gasteiger charge is -2.15. The third-order valence-electron chi connectivity index (χ3n) is 4.35. The number of fused-ring (bicyclic) bond motifs is 1. The molecule has 0 bridgehead atoms. The summed E-state index contributed by atoms with van der Waals surface area (Å²) in [5.41, 5.74) is 9.25. The number of ether oxygens (including phenoxy) is 2. The minimum Gasteiger partial charge on any atom is -0.475 e. The minimum atomic E-state index is 0.0685. The maximum Gasteiger partial charge on any atom is 0.227 e. The molecule has 3 aromatic heterocycles. The SMILES string of the molecule is COCCOc1nc(N)nc(-c2ccco2)c1-c1cc(Cl)c2ncnc(C)c2c1. The fourth-order valence-corrected chi connectivity index (χ4v) is 3.30. The van der Waals surface area contributed by atoms with Crippen LogP contribution in [0.25, 0.3) is 33.5 Å². The number of hydrogen-bond acceptors (Lipinski definition) is 8. The van der Waals surface area contributed by atoms with Crippen LogP contribution in [0.15, 0.2) is 41.3 Å². The topological polar surface area (TPSA) is 109 Å². The molecule has 0 aliphatic rings. The quantitative estimate of drug-likeness (QED) is 0.475. The monoisotopic (exact) mass is 411 g/mol. The molecular weight excluding hydrogens is 394 g/mol. The number of furan rings is 1. The van der Waals surface area contributed by atoms with Gasteiger partial charge in [0.1, 0.15) is 18.6 Å². The maximum absolute atomic E-state index is 6.53. The number of methoxy groups -OCH3 is 1. The second-order valence-electron chi connectivity index (χ2n) is 6.24. The Balaban J connectivity index is 1.98. The van der Waals surface area contributed by atoms with E-state index in [1.807, 2.05) is 13.0 Å². The van der Waals surface area contributed by atoms with E-state index in [1.165, 1.54) is 6.33 Å². The lowest BCUT2D eigenvalue weighted by atomic mass is 10.0. The van der Waals surface area contributed by atoms with Gasteiger partial charge in [0.05, 0.1) is 29.0 Å². The van der Waals surface area contributed by atoms with Gasteiger partial charge in [-0.25, -0.2) is 15.0 Å². The predicted octanol–water partition coefficient (Wildman–Crippen LogP) is 3.92. The van der Waals surface area contributed by atoms with Crippen LogP contribution in [-0.2, 0) is 4.74 Å². The van der Waals surface area contributed by atoms with Gasteiger partial charge in [-0.1, -0.05) is 11.6 Å². The number of aromatic nitrogens is 4. The van der Waals surface area contributed by atoms with Gasteiger partial charge >= 0.3 is 0 Å². The molecule has 8 nitrogen and oxygen atoms in total. The maximum atomic E-state index is 6.53. The normalized spacial score (nSPS) is 11.1. The van der Waals surface area contributed by atoms with Crippen LogP contribution < -0.4 is 10.5 Å². The van der Waals surface area contributed by atoms with Gasteiger partial charge < -0.3 is 19.6 Å². The first kappa shape index (κ1) is 19.1. The van der Waals surface area contributed by atoms with Crippen LogP contribution >= 0.6 is 11.6 Å². The van der Waals surface area contributed by atoms with E-state index in [0.29, 0.717) is 46.7 Å². The van der Waals surface area contributed by atoms with E-state index in [4.69, 9.17) is 31.2 Å². The van der Waals surface area contributed by atoms with E-state index in [9.17, 15) is 0 Å². The summed E-state index contributed by atoms with van der Waals surface area (Å²) in [4.78, 5) is 17.2. The largest absolute Gasteiger partial charge is 0.475 e. The smallest absolute Gasteiger partial charge is 0.227 e. The molecule has 29 heavy (non-hydrogen) atoms. The fraction of sp³-hybridized carbons (Fsp3) is 0.200. The van der Waals surface area contributed by atoms with Crippen LogP contribution in [0.4, 0.5) is 5.95 Å². The first-order valence-electron chi connectivity index (χ1n) is 8.83. The highest BCUT2D eigenvalue weighted by Gasteiger charge is 2.22. The Morgan fingerprint density at radius 1 is 1.17 bits per heavy atom. The summed E-state index contributed by atoms with van der Waals surface area (Å²) in [5.74, 6) is 0.910. The van der Waals surface area contributed by atoms with E-state index in [0.717, 1.165) is 16.6 Å². The molecule has 0 saturated carbocycles. The van der Waals surface area contributed by atoms with Crippen molar-refractivity contribution in [1.29, 1.82) is 0 Å². The number of hydrogen-bond donors (Lipinski definition) is 1. The first-order chi connectivity index (χ1) is 14.1. The van der Waals surface area contributed by atoms with Crippen LogP contribution in [0, 0.1) is 6.92 Å². The van der Waals surface area contributed by atoms with E-state index < -0.39 is 0 Å². The Hall–Kier alpha value is -3.23. The van der Waals surface area contributed by atoms with Crippen LogP contribution in [-0.4, -0.2) is 40.3 Å². The summed E-state index contributed by atoms with van der Waals surface area (Å²) in [5, 5.41) is 1.30. The molecular formula is C20H18ClN5O3. The number of nitrogens with zero attached hydrogens (tertiary/aromatic N) is 4. The van der Waals surface area contributed by atoms with Crippen molar-refractivity contribution in [2.24, 2.45) is 0 Å². The molecule has 4 rings (SSSR count). The van der Waals surface area contributed by atoms with Crippen molar-refractivity contribution in [2.45, 2.75) is 6.92 Å². The summed E-state index contributed by atoms with van der Waals surface area (Å²) >= 11 is 6.53. The predicted molar refractivity (Wildman–Crippen MR) is 110 cm³/mol. The number of benzene rings is 1. The molecule has 4 aromatic rings. The fourth-order valence-electron chi connectivity index (χ4n) is 3.03. The molecule has 0 saturated heterocycles. The van der Waals surface area contributed by atoms with Crippen molar-refractivity contribution in [3.8, 4) is 28.5 Å². The molecule has 0 radical (unpaired) electrons. The van der Waals surface area contributed by atoms with Crippen molar-refractivity contribution in [1.82, 2.24) is 19.9 Å². The summed E-state index contributed by atoms with van der Waals surface area (Å²) in [6, 6.07) is 7.29. The van der Waals surface area contributed by atoms with E-state index >= 15 is 0 Å². The average molecular weight is 412 g/mol. The Morgan fingerprint density at radius 2 is 2.03 bits per heavy atom. The van der Waals surface area contributed by atoms with Crippen LogP contribution in [0.1, 0.15) is 5.69 Å². The van der Waals surface area contributed by atoms with Gasteiger partial charge in [0.15, 0.2) is 5.76 Å². The number of aryl methyl sites for hydroxylation is 1. The summed E-state index contributed by atoms with van der Waals surface area (Å²) in [6.45, 7) is 2.58. The van der Waals surface area contributed by atoms with Gasteiger partial charge in [0, 0.05) is 18.2 Å². The highest BCUT2D eigenvalue weighted by Crippen LogP contribution is 2.40. The number of nitrogen functional groups attached to an aromatic ring is 1. The molecule has 2 N–H and O–H groups in total. The average Bonchev–Trinajstić information content (AvgIpc) is 3.23. The van der Waals surface area contributed by atoms with E-state index in [-0.39, 0.29) is 5.95 Å². The van der Waals surface area contributed by atoms with Crippen molar-refractivity contribution in [3.63, 3.8) is 0 Å². The Morgan fingerprint density at radius 3 is 2.79 bits per heavy atom. The highest BCUT2D eigenvalue weighted by molar-refractivity contribution is 6.35. The van der Waals surface area contributed by atoms with Gasteiger partial charge in [-0.2, -0.15) is 4.98 Å². The molecule has 0 aliphatic carbocycles. The summed E-state index contributed by atoms with van der Waals surface area (Å²) in [6.07, 6.45) is 3.05. The van der Waals surface area contributed by atoms with Crippen molar-refractivity contribution < 1.29 is 13.9 Å². The lowest BCUT2D eigenvalue weighted by Crippen LogP contribution is -2.09. The summed E-state index contributed by atoms with van der Waals surface area (Å²) in [7, 11) is 1.60. The standard InChI is InChI=1S/C20H18ClN5O3/c1-11-13-8-12(9-14(21)17(13)24-10-23-11)16-18(15-4-3-5-28-15)25-20(22)26-19(16)29-7-6-27-2/h3-5,8-10H,6-7H2,1-2H3,(H2,22,25,26). The zero-order valence-corrected chi connectivity index (χ0v) is 16.6. The van der Waals surface area contributed by atoms with Crippen molar-refractivity contribution in [2.75, 3.05) is 26.1 Å². The summed E-state index contributed by atoms with van der Waals surface area (Å²) < 4.78 is 16.5. The van der Waals surface area contributed by atoms with E-state index in [1.54, 1.807) is 31.6 Å². The lowest BCUT2D eigenvalue weighted by molar-refractivity contribution is 0.144. The van der Waals surface area contributed by atoms with Crippen molar-refractivity contribution >= 4 is 28.5 Å². The number of anilines is 1. The van der Waals surface area contributed by atoms with Crippen LogP contribution in [0.3, 0.4) is 0 Å². The third-order valence-corrected chi connectivity index (χ3v) is 4.64. The molecule has 148 valence electrons. The highest BCUT2D eigenvalue weighted by atomic mass is 35.5. The van der Waals surface area contributed by atoms with Gasteiger partial charge in [-0.05, 0) is 36.8 Å².